The molecule has 0 bridgehead atoms. The molecule has 1 atom stereocenters. The van der Waals surface area contributed by atoms with Crippen molar-refractivity contribution < 1.29 is 19.0 Å². The largest absolute Gasteiger partial charge is 0.493 e. The minimum Gasteiger partial charge on any atom is -0.493 e. The second kappa shape index (κ2) is 10.4. The molecule has 6 heteroatoms. The van der Waals surface area contributed by atoms with Crippen LogP contribution < -0.4 is 14.8 Å². The lowest BCUT2D eigenvalue weighted by Gasteiger charge is -2.37. The Kier molecular flexibility index (Phi) is 7.04. The second-order valence-electron chi connectivity index (χ2n) is 8.93. The summed E-state index contributed by atoms with van der Waals surface area (Å²) in [6.07, 6.45) is 0.368. The normalized spacial score (nSPS) is 13.8. The fraction of sp³-hybridized carbons (Fsp3) is 0.194. The van der Waals surface area contributed by atoms with Gasteiger partial charge in [0.05, 0.1) is 26.9 Å². The Morgan fingerprint density at radius 3 is 1.92 bits per heavy atom. The summed E-state index contributed by atoms with van der Waals surface area (Å²) in [5.74, 6) is 0.859. The van der Waals surface area contributed by atoms with E-state index in [0.717, 1.165) is 37.9 Å². The van der Waals surface area contributed by atoms with Crippen LogP contribution in [0.1, 0.15) is 22.3 Å². The molecule has 4 aromatic carbocycles. The Labute approximate surface area is 225 Å². The molecular formula is C31H28BrNO4. The summed E-state index contributed by atoms with van der Waals surface area (Å²) in [5.41, 5.74) is 5.67. The molecule has 0 aromatic heterocycles. The maximum Gasteiger partial charge on any atom is 0.323 e. The van der Waals surface area contributed by atoms with Crippen molar-refractivity contribution in [3.63, 3.8) is 0 Å². The number of methoxy groups -OCH3 is 3. The van der Waals surface area contributed by atoms with Crippen LogP contribution in [0, 0.1) is 0 Å². The van der Waals surface area contributed by atoms with Crippen molar-refractivity contribution in [2.45, 2.75) is 18.0 Å². The van der Waals surface area contributed by atoms with Crippen LogP contribution in [-0.2, 0) is 21.5 Å². The zero-order valence-electron chi connectivity index (χ0n) is 21.0. The first-order chi connectivity index (χ1) is 18.0. The number of carbonyl (C=O) groups excluding carboxylic acids is 1. The third-order valence-electron chi connectivity index (χ3n) is 7.01. The van der Waals surface area contributed by atoms with Crippen LogP contribution in [0.5, 0.6) is 11.5 Å². The molecular weight excluding hydrogens is 530 g/mol. The molecule has 1 aliphatic carbocycles. The highest BCUT2D eigenvalue weighted by molar-refractivity contribution is 9.10. The fourth-order valence-corrected chi connectivity index (χ4v) is 5.83. The van der Waals surface area contributed by atoms with Gasteiger partial charge in [0.2, 0.25) is 0 Å². The molecule has 0 fully saturated rings. The van der Waals surface area contributed by atoms with Gasteiger partial charge in [-0.05, 0) is 51.9 Å². The molecule has 0 saturated carbocycles. The monoisotopic (exact) mass is 557 g/mol. The van der Waals surface area contributed by atoms with Crippen molar-refractivity contribution in [2.24, 2.45) is 0 Å². The third-order valence-corrected chi connectivity index (χ3v) is 7.75. The van der Waals surface area contributed by atoms with E-state index in [2.05, 4.69) is 69.8 Å². The highest BCUT2D eigenvalue weighted by atomic mass is 79.9. The molecule has 0 aliphatic heterocycles. The van der Waals surface area contributed by atoms with Crippen molar-refractivity contribution >= 4 is 21.9 Å². The van der Waals surface area contributed by atoms with E-state index in [1.54, 1.807) is 14.2 Å². The third kappa shape index (κ3) is 4.30. The summed E-state index contributed by atoms with van der Waals surface area (Å²) in [6.45, 7) is 0. The van der Waals surface area contributed by atoms with Crippen LogP contribution in [0.4, 0.5) is 0 Å². The Morgan fingerprint density at radius 2 is 1.35 bits per heavy atom. The predicted octanol–water partition coefficient (Wildman–Crippen LogP) is 6.11. The van der Waals surface area contributed by atoms with E-state index >= 15 is 0 Å². The second-order valence-corrected chi connectivity index (χ2v) is 9.78. The van der Waals surface area contributed by atoms with Crippen molar-refractivity contribution in [3.8, 4) is 22.6 Å². The Morgan fingerprint density at radius 1 is 0.811 bits per heavy atom. The number of fused-ring (bicyclic) bond motifs is 3. The van der Waals surface area contributed by atoms with Gasteiger partial charge < -0.3 is 14.2 Å². The van der Waals surface area contributed by atoms with E-state index in [0.29, 0.717) is 17.9 Å². The summed E-state index contributed by atoms with van der Waals surface area (Å²) >= 11 is 3.66. The van der Waals surface area contributed by atoms with E-state index in [9.17, 15) is 4.79 Å². The van der Waals surface area contributed by atoms with Crippen molar-refractivity contribution in [1.29, 1.82) is 0 Å². The Hall–Kier alpha value is -3.61. The molecule has 0 amide bonds. The zero-order chi connectivity index (χ0) is 26.0. The Bertz CT molecular complexity index is 1390. The minimum absolute atomic E-state index is 0.348. The molecule has 0 heterocycles. The fourth-order valence-electron chi connectivity index (χ4n) is 5.34. The Balaban J connectivity index is 1.68. The predicted molar refractivity (Wildman–Crippen MR) is 148 cm³/mol. The van der Waals surface area contributed by atoms with Crippen LogP contribution in [0.25, 0.3) is 11.1 Å². The number of ether oxygens (including phenoxy) is 3. The molecule has 1 N–H and O–H groups in total. The number of benzene rings is 4. The van der Waals surface area contributed by atoms with Crippen LogP contribution in [-0.4, -0.2) is 33.3 Å². The lowest BCUT2D eigenvalue weighted by molar-refractivity contribution is -0.143. The van der Waals surface area contributed by atoms with Crippen molar-refractivity contribution in [3.05, 3.63) is 118 Å². The highest BCUT2D eigenvalue weighted by Crippen LogP contribution is 2.51. The van der Waals surface area contributed by atoms with Gasteiger partial charge in [-0.25, -0.2) is 0 Å². The number of nitrogens with one attached hydrogen (secondary N) is 1. The molecule has 188 valence electrons. The van der Waals surface area contributed by atoms with Crippen molar-refractivity contribution in [1.82, 2.24) is 5.32 Å². The summed E-state index contributed by atoms with van der Waals surface area (Å²) < 4.78 is 17.1. The van der Waals surface area contributed by atoms with Crippen LogP contribution in [0.3, 0.4) is 0 Å². The molecule has 4 aromatic rings. The van der Waals surface area contributed by atoms with Gasteiger partial charge in [0.15, 0.2) is 11.5 Å². The molecule has 1 unspecified atom stereocenters. The quantitative estimate of drug-likeness (QED) is 0.265. The first-order valence-electron chi connectivity index (χ1n) is 12.0. The maximum atomic E-state index is 13.3. The average Bonchev–Trinajstić information content (AvgIpc) is 3.24. The van der Waals surface area contributed by atoms with E-state index in [1.165, 1.54) is 7.11 Å². The standard InChI is InChI=1S/C31H28BrNO4/c1-35-28-18-20(26(32)19-29(28)36-2)17-27(30(34)37-3)33-31(21-11-5-4-6-12-21)24-15-9-7-13-22(24)23-14-8-10-16-25(23)31/h4-16,18-19,27,33H,17H2,1-3H3. The minimum atomic E-state index is -0.754. The van der Waals surface area contributed by atoms with Crippen LogP contribution >= 0.6 is 15.9 Å². The van der Waals surface area contributed by atoms with Gasteiger partial charge in [0.25, 0.3) is 0 Å². The topological polar surface area (TPSA) is 56.8 Å². The maximum absolute atomic E-state index is 13.3. The first kappa shape index (κ1) is 25.1. The molecule has 37 heavy (non-hydrogen) atoms. The number of rotatable bonds is 8. The number of hydrogen-bond donors (Lipinski definition) is 1. The lowest BCUT2D eigenvalue weighted by Crippen LogP contribution is -2.52. The number of halogens is 1. The van der Waals surface area contributed by atoms with Gasteiger partial charge in [-0.3, -0.25) is 10.1 Å². The summed E-state index contributed by atoms with van der Waals surface area (Å²) in [5, 5.41) is 3.78. The summed E-state index contributed by atoms with van der Waals surface area (Å²) in [7, 11) is 4.62. The van der Waals surface area contributed by atoms with Gasteiger partial charge in [-0.1, -0.05) is 94.8 Å². The van der Waals surface area contributed by atoms with Gasteiger partial charge in [-0.15, -0.1) is 0 Å². The summed E-state index contributed by atoms with van der Waals surface area (Å²) in [6, 6.07) is 30.1. The van der Waals surface area contributed by atoms with E-state index in [4.69, 9.17) is 14.2 Å². The van der Waals surface area contributed by atoms with Crippen LogP contribution in [0.2, 0.25) is 0 Å². The number of hydrogen-bond acceptors (Lipinski definition) is 5. The van der Waals surface area contributed by atoms with Gasteiger partial charge in [-0.2, -0.15) is 0 Å². The molecule has 1 aliphatic rings. The SMILES string of the molecule is COC(=O)C(Cc1cc(OC)c(OC)cc1Br)NC1(c2ccccc2)c2ccccc2-c2ccccc21. The molecule has 5 nitrogen and oxygen atoms in total. The lowest BCUT2D eigenvalue weighted by atomic mass is 9.79. The number of carbonyl (C=O) groups is 1. The molecule has 5 rings (SSSR count). The van der Waals surface area contributed by atoms with Crippen LogP contribution in [0.15, 0.2) is 95.5 Å². The highest BCUT2D eigenvalue weighted by Gasteiger charge is 2.46. The zero-order valence-corrected chi connectivity index (χ0v) is 22.5. The van der Waals surface area contributed by atoms with E-state index in [-0.39, 0.29) is 5.97 Å². The summed E-state index contributed by atoms with van der Waals surface area (Å²) in [4.78, 5) is 13.3. The van der Waals surface area contributed by atoms with Gasteiger partial charge >= 0.3 is 5.97 Å². The average molecular weight is 558 g/mol. The van der Waals surface area contributed by atoms with Gasteiger partial charge in [0, 0.05) is 4.47 Å². The smallest absolute Gasteiger partial charge is 0.323 e. The molecule has 0 radical (unpaired) electrons. The van der Waals surface area contributed by atoms with Crippen molar-refractivity contribution in [2.75, 3.05) is 21.3 Å². The van der Waals surface area contributed by atoms with E-state index in [1.807, 2.05) is 42.5 Å². The van der Waals surface area contributed by atoms with E-state index < -0.39 is 11.6 Å². The first-order valence-corrected chi connectivity index (χ1v) is 12.8. The number of esters is 1. The van der Waals surface area contributed by atoms with Gasteiger partial charge in [0.1, 0.15) is 6.04 Å². The molecule has 0 saturated heterocycles. The molecule has 0 spiro atoms.